The standard InChI is InChI=1S/C21H28N4O3S/c26-21(24-13-7-1-2-8-14-24)18-16-22-23-20(18)19-12-6-9-15-25(19)29(27,28)17-10-4-3-5-11-17/h3-5,10-11,16,19H,1-2,6-9,12-15H2,(H,22,23)/t19-/m0/s1. The van der Waals surface area contributed by atoms with Crippen molar-refractivity contribution < 1.29 is 13.2 Å². The summed E-state index contributed by atoms with van der Waals surface area (Å²) in [6.07, 6.45) is 8.28. The molecule has 1 aromatic carbocycles. The molecule has 3 heterocycles. The smallest absolute Gasteiger partial charge is 0.257 e. The van der Waals surface area contributed by atoms with Crippen LogP contribution in [-0.4, -0.2) is 53.4 Å². The van der Waals surface area contributed by atoms with Crippen LogP contribution in [-0.2, 0) is 10.0 Å². The van der Waals surface area contributed by atoms with Crippen molar-refractivity contribution >= 4 is 15.9 Å². The number of aromatic nitrogens is 2. The van der Waals surface area contributed by atoms with Crippen molar-refractivity contribution in [2.75, 3.05) is 19.6 Å². The van der Waals surface area contributed by atoms with Crippen molar-refractivity contribution in [2.45, 2.75) is 55.9 Å². The summed E-state index contributed by atoms with van der Waals surface area (Å²) in [6.45, 7) is 1.94. The summed E-state index contributed by atoms with van der Waals surface area (Å²) in [7, 11) is -3.65. The number of H-pyrrole nitrogens is 1. The number of carbonyl (C=O) groups is 1. The van der Waals surface area contributed by atoms with Crippen LogP contribution in [0.3, 0.4) is 0 Å². The van der Waals surface area contributed by atoms with Crippen LogP contribution in [0.25, 0.3) is 0 Å². The molecule has 1 atom stereocenters. The fourth-order valence-corrected chi connectivity index (χ4v) is 6.06. The number of benzene rings is 1. The fourth-order valence-electron chi connectivity index (χ4n) is 4.37. The van der Waals surface area contributed by atoms with Gasteiger partial charge in [0.15, 0.2) is 0 Å². The quantitative estimate of drug-likeness (QED) is 0.828. The number of likely N-dealkylation sites (tertiary alicyclic amines) is 1. The largest absolute Gasteiger partial charge is 0.339 e. The van der Waals surface area contributed by atoms with Gasteiger partial charge in [0.05, 0.1) is 28.4 Å². The van der Waals surface area contributed by atoms with Gasteiger partial charge in [-0.25, -0.2) is 8.42 Å². The molecular formula is C21H28N4O3S. The Morgan fingerprint density at radius 3 is 2.38 bits per heavy atom. The lowest BCUT2D eigenvalue weighted by molar-refractivity contribution is 0.0758. The summed E-state index contributed by atoms with van der Waals surface area (Å²) in [6, 6.07) is 8.11. The molecule has 29 heavy (non-hydrogen) atoms. The van der Waals surface area contributed by atoms with E-state index in [1.165, 1.54) is 0 Å². The third-order valence-electron chi connectivity index (χ3n) is 5.93. The molecule has 0 radical (unpaired) electrons. The molecule has 0 saturated carbocycles. The minimum atomic E-state index is -3.65. The average molecular weight is 417 g/mol. The number of nitrogens with zero attached hydrogens (tertiary/aromatic N) is 3. The predicted molar refractivity (Wildman–Crippen MR) is 110 cm³/mol. The first-order valence-corrected chi connectivity index (χ1v) is 11.9. The normalized spacial score (nSPS) is 21.7. The molecule has 7 nitrogen and oxygen atoms in total. The highest BCUT2D eigenvalue weighted by Crippen LogP contribution is 2.36. The second-order valence-corrected chi connectivity index (χ2v) is 9.73. The van der Waals surface area contributed by atoms with Crippen LogP contribution >= 0.6 is 0 Å². The highest BCUT2D eigenvalue weighted by atomic mass is 32.2. The van der Waals surface area contributed by atoms with Crippen LogP contribution < -0.4 is 0 Å². The number of sulfonamides is 1. The number of hydrogen-bond donors (Lipinski definition) is 1. The topological polar surface area (TPSA) is 86.4 Å². The van der Waals surface area contributed by atoms with Gasteiger partial charge in [-0.3, -0.25) is 9.89 Å². The highest BCUT2D eigenvalue weighted by Gasteiger charge is 2.37. The number of aromatic amines is 1. The molecule has 8 heteroatoms. The molecule has 2 saturated heterocycles. The lowest BCUT2D eigenvalue weighted by Crippen LogP contribution is -2.40. The van der Waals surface area contributed by atoms with E-state index in [-0.39, 0.29) is 10.8 Å². The minimum Gasteiger partial charge on any atom is -0.339 e. The van der Waals surface area contributed by atoms with E-state index in [9.17, 15) is 13.2 Å². The summed E-state index contributed by atoms with van der Waals surface area (Å²) in [5.41, 5.74) is 1.13. The summed E-state index contributed by atoms with van der Waals surface area (Å²) in [4.78, 5) is 15.4. The van der Waals surface area contributed by atoms with Crippen molar-refractivity contribution in [1.29, 1.82) is 0 Å². The van der Waals surface area contributed by atoms with Crippen molar-refractivity contribution in [3.05, 3.63) is 47.8 Å². The van der Waals surface area contributed by atoms with E-state index in [1.807, 2.05) is 4.90 Å². The number of piperidine rings is 1. The van der Waals surface area contributed by atoms with Gasteiger partial charge in [-0.05, 0) is 37.8 Å². The van der Waals surface area contributed by atoms with Gasteiger partial charge >= 0.3 is 0 Å². The van der Waals surface area contributed by atoms with Gasteiger partial charge in [-0.15, -0.1) is 0 Å². The van der Waals surface area contributed by atoms with Crippen LogP contribution in [0.4, 0.5) is 0 Å². The lowest BCUT2D eigenvalue weighted by atomic mass is 9.99. The van der Waals surface area contributed by atoms with E-state index < -0.39 is 16.1 Å². The number of rotatable bonds is 4. The first-order chi connectivity index (χ1) is 14.1. The van der Waals surface area contributed by atoms with E-state index in [4.69, 9.17) is 0 Å². The van der Waals surface area contributed by atoms with Crippen LogP contribution in [0.1, 0.15) is 67.0 Å². The van der Waals surface area contributed by atoms with Gasteiger partial charge in [-0.2, -0.15) is 9.40 Å². The fraction of sp³-hybridized carbons (Fsp3) is 0.524. The molecule has 0 bridgehead atoms. The molecule has 2 aromatic rings. The Morgan fingerprint density at radius 1 is 0.966 bits per heavy atom. The second kappa shape index (κ2) is 8.67. The molecule has 1 aromatic heterocycles. The monoisotopic (exact) mass is 416 g/mol. The summed E-state index contributed by atoms with van der Waals surface area (Å²) in [5, 5.41) is 7.09. The average Bonchev–Trinajstić information content (AvgIpc) is 3.08. The van der Waals surface area contributed by atoms with Gasteiger partial charge in [0, 0.05) is 19.6 Å². The molecule has 2 aliphatic rings. The SMILES string of the molecule is O=C(c1cn[nH]c1[C@@H]1CCCCN1S(=O)(=O)c1ccccc1)N1CCCCCC1. The summed E-state index contributed by atoms with van der Waals surface area (Å²) in [5.74, 6) is -0.0433. The first kappa shape index (κ1) is 20.1. The van der Waals surface area contributed by atoms with Gasteiger partial charge in [-0.1, -0.05) is 37.5 Å². The van der Waals surface area contributed by atoms with Crippen LogP contribution in [0.5, 0.6) is 0 Å². The zero-order valence-electron chi connectivity index (χ0n) is 16.6. The van der Waals surface area contributed by atoms with E-state index >= 15 is 0 Å². The van der Waals surface area contributed by atoms with E-state index in [0.717, 1.165) is 51.6 Å². The Bertz CT molecular complexity index is 934. The zero-order chi connectivity index (χ0) is 20.3. The Hall–Kier alpha value is -2.19. The third kappa shape index (κ3) is 4.09. The van der Waals surface area contributed by atoms with Crippen LogP contribution in [0, 0.1) is 0 Å². The molecule has 0 unspecified atom stereocenters. The second-order valence-electron chi connectivity index (χ2n) is 7.84. The van der Waals surface area contributed by atoms with Gasteiger partial charge in [0.1, 0.15) is 0 Å². The number of nitrogens with one attached hydrogen (secondary N) is 1. The maximum absolute atomic E-state index is 13.3. The maximum atomic E-state index is 13.3. The molecule has 1 amide bonds. The Balaban J connectivity index is 1.65. The molecule has 0 spiro atoms. The van der Waals surface area contributed by atoms with Gasteiger partial charge in [0.25, 0.3) is 5.91 Å². The van der Waals surface area contributed by atoms with Gasteiger partial charge < -0.3 is 4.90 Å². The lowest BCUT2D eigenvalue weighted by Gasteiger charge is -2.34. The van der Waals surface area contributed by atoms with E-state index in [0.29, 0.717) is 24.2 Å². The first-order valence-electron chi connectivity index (χ1n) is 10.5. The Morgan fingerprint density at radius 2 is 1.66 bits per heavy atom. The summed E-state index contributed by atoms with van der Waals surface area (Å²) < 4.78 is 28.2. The van der Waals surface area contributed by atoms with Crippen molar-refractivity contribution in [3.8, 4) is 0 Å². The number of hydrogen-bond acceptors (Lipinski definition) is 4. The van der Waals surface area contributed by atoms with Crippen molar-refractivity contribution in [2.24, 2.45) is 0 Å². The predicted octanol–water partition coefficient (Wildman–Crippen LogP) is 3.34. The highest BCUT2D eigenvalue weighted by molar-refractivity contribution is 7.89. The van der Waals surface area contributed by atoms with Crippen LogP contribution in [0.15, 0.2) is 41.4 Å². The van der Waals surface area contributed by atoms with Crippen molar-refractivity contribution in [3.63, 3.8) is 0 Å². The molecule has 2 fully saturated rings. The van der Waals surface area contributed by atoms with E-state index in [1.54, 1.807) is 40.8 Å². The molecule has 0 aliphatic carbocycles. The molecular weight excluding hydrogens is 388 g/mol. The van der Waals surface area contributed by atoms with E-state index in [2.05, 4.69) is 10.2 Å². The van der Waals surface area contributed by atoms with Gasteiger partial charge in [0.2, 0.25) is 10.0 Å². The Kier molecular flexibility index (Phi) is 6.01. The number of amides is 1. The molecule has 4 rings (SSSR count). The maximum Gasteiger partial charge on any atom is 0.257 e. The Labute approximate surface area is 172 Å². The summed E-state index contributed by atoms with van der Waals surface area (Å²) >= 11 is 0. The third-order valence-corrected chi connectivity index (χ3v) is 7.85. The van der Waals surface area contributed by atoms with Crippen LogP contribution in [0.2, 0.25) is 0 Å². The zero-order valence-corrected chi connectivity index (χ0v) is 17.4. The van der Waals surface area contributed by atoms with Crippen molar-refractivity contribution in [1.82, 2.24) is 19.4 Å². The minimum absolute atomic E-state index is 0.0433. The number of carbonyl (C=O) groups excluding carboxylic acids is 1. The molecule has 156 valence electrons. The molecule has 1 N–H and O–H groups in total. The molecule has 2 aliphatic heterocycles.